The molecule has 2 fully saturated rings. The number of amides is 3. The number of nitrogens with one attached hydrogen (secondary N) is 2. The number of nitrogens with zero attached hydrogens (tertiary/aromatic N) is 3. The second-order valence-electron chi connectivity index (χ2n) is 8.73. The highest BCUT2D eigenvalue weighted by molar-refractivity contribution is 7.92. The fraction of sp³-hybridized carbons (Fsp3) is 0.435. The zero-order valence-corrected chi connectivity index (χ0v) is 19.9. The Labute approximate surface area is 198 Å². The summed E-state index contributed by atoms with van der Waals surface area (Å²) in [7, 11) is -3.91. The minimum Gasteiger partial charge on any atom is -0.326 e. The molecule has 1 aromatic heterocycles. The zero-order valence-electron chi connectivity index (χ0n) is 19.1. The van der Waals surface area contributed by atoms with Crippen molar-refractivity contribution in [1.82, 2.24) is 14.9 Å². The topological polar surface area (TPSA) is 138 Å². The lowest BCUT2D eigenvalue weighted by Gasteiger charge is -2.19. The molecule has 0 bridgehead atoms. The Morgan fingerprint density at radius 3 is 2.12 bits per heavy atom. The van der Waals surface area contributed by atoms with E-state index in [-0.39, 0.29) is 53.4 Å². The maximum Gasteiger partial charge on any atom is 0.264 e. The Morgan fingerprint density at radius 2 is 1.56 bits per heavy atom. The summed E-state index contributed by atoms with van der Waals surface area (Å²) in [6.07, 6.45) is 3.35. The number of imide groups is 1. The van der Waals surface area contributed by atoms with Crippen LogP contribution in [-0.2, 0) is 24.4 Å². The van der Waals surface area contributed by atoms with E-state index in [2.05, 4.69) is 20.0 Å². The number of aromatic nitrogens is 2. The number of likely N-dealkylation sites (tertiary alicyclic amines) is 1. The average molecular weight is 486 g/mol. The quantitative estimate of drug-likeness (QED) is 0.574. The highest BCUT2D eigenvalue weighted by atomic mass is 32.2. The Morgan fingerprint density at radius 1 is 1.00 bits per heavy atom. The molecule has 0 spiro atoms. The van der Waals surface area contributed by atoms with E-state index < -0.39 is 10.0 Å². The van der Waals surface area contributed by atoms with E-state index in [1.54, 1.807) is 19.9 Å². The van der Waals surface area contributed by atoms with Gasteiger partial charge in [-0.25, -0.2) is 23.1 Å². The molecular formula is C23H27N5O5S. The summed E-state index contributed by atoms with van der Waals surface area (Å²) < 4.78 is 27.6. The minimum atomic E-state index is -3.91. The molecule has 34 heavy (non-hydrogen) atoms. The van der Waals surface area contributed by atoms with Gasteiger partial charge >= 0.3 is 0 Å². The number of anilines is 2. The van der Waals surface area contributed by atoms with Crippen molar-refractivity contribution < 1.29 is 22.8 Å². The first-order valence-corrected chi connectivity index (χ1v) is 12.7. The number of hydrogen-bond donors (Lipinski definition) is 2. The maximum atomic E-state index is 12.6. The van der Waals surface area contributed by atoms with Crippen molar-refractivity contribution in [3.05, 3.63) is 41.7 Å². The SMILES string of the molecule is Cc1cc(C)nc(NS(=O)(=O)c2ccc(NC(=O)CCN3C(=O)[C@H]4CCCC[C@H]4C3=O)cc2)n1. The van der Waals surface area contributed by atoms with Crippen LogP contribution in [-0.4, -0.2) is 47.6 Å². The second kappa shape index (κ2) is 9.49. The first-order valence-electron chi connectivity index (χ1n) is 11.2. The molecule has 180 valence electrons. The number of carbonyl (C=O) groups excluding carboxylic acids is 3. The van der Waals surface area contributed by atoms with Crippen LogP contribution < -0.4 is 10.0 Å². The molecule has 1 saturated carbocycles. The second-order valence-corrected chi connectivity index (χ2v) is 10.4. The van der Waals surface area contributed by atoms with Gasteiger partial charge < -0.3 is 5.32 Å². The molecule has 1 aliphatic heterocycles. The summed E-state index contributed by atoms with van der Waals surface area (Å²) >= 11 is 0. The van der Waals surface area contributed by atoms with Crippen LogP contribution in [0.1, 0.15) is 43.5 Å². The predicted octanol–water partition coefficient (Wildman–Crippen LogP) is 2.40. The van der Waals surface area contributed by atoms with Crippen molar-refractivity contribution in [3.8, 4) is 0 Å². The summed E-state index contributed by atoms with van der Waals surface area (Å²) in [6, 6.07) is 7.39. The fourth-order valence-corrected chi connectivity index (χ4v) is 5.50. The number of hydrogen-bond acceptors (Lipinski definition) is 7. The Hall–Kier alpha value is -3.34. The van der Waals surface area contributed by atoms with E-state index in [9.17, 15) is 22.8 Å². The standard InChI is InChI=1S/C23H27N5O5S/c1-14-13-15(2)25-23(24-14)27-34(32,33)17-9-7-16(8-10-17)26-20(29)11-12-28-21(30)18-5-3-4-6-19(18)22(28)31/h7-10,13,18-19H,3-6,11-12H2,1-2H3,(H,26,29)(H,24,25,27)/t18-,19+. The molecule has 1 aromatic carbocycles. The molecule has 11 heteroatoms. The molecule has 10 nitrogen and oxygen atoms in total. The lowest BCUT2D eigenvalue weighted by molar-refractivity contribution is -0.140. The molecular weight excluding hydrogens is 458 g/mol. The van der Waals surface area contributed by atoms with Crippen molar-refractivity contribution in [2.24, 2.45) is 11.8 Å². The van der Waals surface area contributed by atoms with Crippen molar-refractivity contribution in [2.45, 2.75) is 50.8 Å². The van der Waals surface area contributed by atoms with E-state index in [0.29, 0.717) is 17.1 Å². The molecule has 2 aliphatic rings. The van der Waals surface area contributed by atoms with E-state index in [0.717, 1.165) is 25.7 Å². The van der Waals surface area contributed by atoms with Gasteiger partial charge in [-0.15, -0.1) is 0 Å². The zero-order chi connectivity index (χ0) is 24.5. The van der Waals surface area contributed by atoms with Crippen LogP contribution in [0.4, 0.5) is 11.6 Å². The molecule has 1 aliphatic carbocycles. The van der Waals surface area contributed by atoms with Gasteiger partial charge in [0.05, 0.1) is 16.7 Å². The average Bonchev–Trinajstić information content (AvgIpc) is 3.01. The van der Waals surface area contributed by atoms with Crippen LogP contribution in [0.25, 0.3) is 0 Å². The van der Waals surface area contributed by atoms with Gasteiger partial charge in [-0.2, -0.15) is 0 Å². The first kappa shape index (κ1) is 23.8. The van der Waals surface area contributed by atoms with E-state index in [1.807, 2.05) is 0 Å². The van der Waals surface area contributed by atoms with Crippen LogP contribution in [0.3, 0.4) is 0 Å². The van der Waals surface area contributed by atoms with E-state index in [4.69, 9.17) is 0 Å². The van der Waals surface area contributed by atoms with Crippen molar-refractivity contribution in [3.63, 3.8) is 0 Å². The number of carbonyl (C=O) groups is 3. The highest BCUT2D eigenvalue weighted by Crippen LogP contribution is 2.38. The Kier molecular flexibility index (Phi) is 6.65. The number of fused-ring (bicyclic) bond motifs is 1. The molecule has 1 saturated heterocycles. The summed E-state index contributed by atoms with van der Waals surface area (Å²) in [5.74, 6) is -1.19. The minimum absolute atomic E-state index is 0.0101. The molecule has 0 unspecified atom stereocenters. The Balaban J connectivity index is 1.34. The highest BCUT2D eigenvalue weighted by Gasteiger charge is 2.47. The van der Waals surface area contributed by atoms with Gasteiger partial charge in [0.15, 0.2) is 0 Å². The van der Waals surface area contributed by atoms with Crippen LogP contribution in [0.2, 0.25) is 0 Å². The van der Waals surface area contributed by atoms with Crippen LogP contribution >= 0.6 is 0 Å². The molecule has 4 rings (SSSR count). The molecule has 3 amide bonds. The third kappa shape index (κ3) is 5.09. The van der Waals surface area contributed by atoms with Gasteiger partial charge in [0.1, 0.15) is 0 Å². The normalized spacial score (nSPS) is 20.2. The van der Waals surface area contributed by atoms with Gasteiger partial charge in [0, 0.05) is 30.0 Å². The monoisotopic (exact) mass is 485 g/mol. The van der Waals surface area contributed by atoms with Gasteiger partial charge in [-0.05, 0) is 57.0 Å². The van der Waals surface area contributed by atoms with Crippen molar-refractivity contribution >= 4 is 39.4 Å². The third-order valence-electron chi connectivity index (χ3n) is 6.15. The summed E-state index contributed by atoms with van der Waals surface area (Å²) in [6.45, 7) is 3.53. The van der Waals surface area contributed by atoms with Crippen molar-refractivity contribution in [1.29, 1.82) is 0 Å². The summed E-state index contributed by atoms with van der Waals surface area (Å²) in [5, 5.41) is 2.67. The maximum absolute atomic E-state index is 12.6. The van der Waals surface area contributed by atoms with Gasteiger partial charge in [0.2, 0.25) is 23.7 Å². The Bertz CT molecular complexity index is 1180. The number of aryl methyl sites for hydroxylation is 2. The van der Waals surface area contributed by atoms with Gasteiger partial charge in [-0.1, -0.05) is 12.8 Å². The van der Waals surface area contributed by atoms with Crippen molar-refractivity contribution in [2.75, 3.05) is 16.6 Å². The number of rotatable bonds is 7. The van der Waals surface area contributed by atoms with Crippen LogP contribution in [0.15, 0.2) is 35.2 Å². The van der Waals surface area contributed by atoms with Crippen LogP contribution in [0, 0.1) is 25.7 Å². The lowest BCUT2D eigenvalue weighted by atomic mass is 9.81. The molecule has 0 radical (unpaired) electrons. The summed E-state index contributed by atoms with van der Waals surface area (Å²) in [4.78, 5) is 46.8. The lowest BCUT2D eigenvalue weighted by Crippen LogP contribution is -2.34. The fourth-order valence-electron chi connectivity index (χ4n) is 4.56. The molecule has 2 aromatic rings. The van der Waals surface area contributed by atoms with Crippen LogP contribution in [0.5, 0.6) is 0 Å². The van der Waals surface area contributed by atoms with E-state index in [1.165, 1.54) is 29.2 Å². The summed E-state index contributed by atoms with van der Waals surface area (Å²) in [5.41, 5.74) is 1.68. The molecule has 2 N–H and O–H groups in total. The smallest absolute Gasteiger partial charge is 0.264 e. The van der Waals surface area contributed by atoms with Gasteiger partial charge in [0.25, 0.3) is 10.0 Å². The molecule has 2 heterocycles. The van der Waals surface area contributed by atoms with E-state index >= 15 is 0 Å². The van der Waals surface area contributed by atoms with Gasteiger partial charge in [-0.3, -0.25) is 19.3 Å². The predicted molar refractivity (Wildman–Crippen MR) is 124 cm³/mol. The largest absolute Gasteiger partial charge is 0.326 e. The first-order chi connectivity index (χ1) is 16.1. The number of benzene rings is 1. The molecule has 2 atom stereocenters. The number of sulfonamides is 1. The third-order valence-corrected chi connectivity index (χ3v) is 7.50.